The summed E-state index contributed by atoms with van der Waals surface area (Å²) in [6.07, 6.45) is 3.90. The molecule has 0 aliphatic carbocycles. The summed E-state index contributed by atoms with van der Waals surface area (Å²) in [6, 6.07) is 21.8. The van der Waals surface area contributed by atoms with E-state index >= 15 is 0 Å². The molecule has 4 heteroatoms. The third-order valence-electron chi connectivity index (χ3n) is 5.61. The zero-order valence-corrected chi connectivity index (χ0v) is 17.6. The highest BCUT2D eigenvalue weighted by Crippen LogP contribution is 2.36. The molecule has 154 valence electrons. The number of rotatable bonds is 5. The first kappa shape index (κ1) is 19.2. The predicted molar refractivity (Wildman–Crippen MR) is 123 cm³/mol. The van der Waals surface area contributed by atoms with E-state index in [1.807, 2.05) is 24.3 Å². The van der Waals surface area contributed by atoms with Crippen LogP contribution in [0.2, 0.25) is 0 Å². The Morgan fingerprint density at radius 3 is 2.65 bits per heavy atom. The lowest BCUT2D eigenvalue weighted by molar-refractivity contribution is 0.101. The van der Waals surface area contributed by atoms with Crippen molar-refractivity contribution in [2.45, 2.75) is 27.0 Å². The second kappa shape index (κ2) is 7.80. The molecule has 5 rings (SSSR count). The van der Waals surface area contributed by atoms with Gasteiger partial charge in [0, 0.05) is 35.3 Å². The molecule has 0 radical (unpaired) electrons. The van der Waals surface area contributed by atoms with Gasteiger partial charge in [-0.2, -0.15) is 0 Å². The SMILES string of the molecule is CCn1cc(C=C2Oc3cc(OCc4ccc(C)cc4)ccc3C2=O)c2ccccc21. The first-order valence-electron chi connectivity index (χ1n) is 10.5. The summed E-state index contributed by atoms with van der Waals surface area (Å²) in [6.45, 7) is 5.49. The number of Topliss-reactive ketones (excluding diaryl/α,β-unsaturated/α-hetero) is 1. The molecule has 0 N–H and O–H groups in total. The molecule has 0 saturated heterocycles. The van der Waals surface area contributed by atoms with Crippen molar-refractivity contribution >= 4 is 22.8 Å². The summed E-state index contributed by atoms with van der Waals surface area (Å²) in [4.78, 5) is 12.9. The highest BCUT2D eigenvalue weighted by molar-refractivity contribution is 6.15. The van der Waals surface area contributed by atoms with Crippen molar-refractivity contribution in [2.24, 2.45) is 0 Å². The topological polar surface area (TPSA) is 40.5 Å². The number of carbonyl (C=O) groups is 1. The fourth-order valence-electron chi connectivity index (χ4n) is 3.90. The number of allylic oxidation sites excluding steroid dienone is 1. The molecule has 1 aromatic heterocycles. The Kier molecular flexibility index (Phi) is 4.83. The summed E-state index contributed by atoms with van der Waals surface area (Å²) >= 11 is 0. The van der Waals surface area contributed by atoms with Crippen LogP contribution in [0.5, 0.6) is 11.5 Å². The fraction of sp³-hybridized carbons (Fsp3) is 0.148. The number of aromatic nitrogens is 1. The number of carbonyl (C=O) groups excluding carboxylic acids is 1. The van der Waals surface area contributed by atoms with E-state index in [9.17, 15) is 4.79 Å². The Hall–Kier alpha value is -3.79. The van der Waals surface area contributed by atoms with Gasteiger partial charge in [-0.15, -0.1) is 0 Å². The maximum absolute atomic E-state index is 12.9. The van der Waals surface area contributed by atoms with Crippen LogP contribution in [0, 0.1) is 6.92 Å². The van der Waals surface area contributed by atoms with Crippen LogP contribution in [-0.4, -0.2) is 10.4 Å². The maximum Gasteiger partial charge on any atom is 0.231 e. The van der Waals surface area contributed by atoms with Crippen molar-refractivity contribution < 1.29 is 14.3 Å². The molecule has 1 aliphatic rings. The highest BCUT2D eigenvalue weighted by atomic mass is 16.5. The second-order valence-electron chi connectivity index (χ2n) is 7.76. The second-order valence-corrected chi connectivity index (χ2v) is 7.76. The number of hydrogen-bond donors (Lipinski definition) is 0. The lowest BCUT2D eigenvalue weighted by atomic mass is 10.1. The first-order valence-corrected chi connectivity index (χ1v) is 10.5. The van der Waals surface area contributed by atoms with Gasteiger partial charge in [-0.05, 0) is 43.7 Å². The van der Waals surface area contributed by atoms with Gasteiger partial charge in [0.1, 0.15) is 18.1 Å². The Morgan fingerprint density at radius 1 is 1.03 bits per heavy atom. The number of para-hydroxylation sites is 1. The molecular weight excluding hydrogens is 386 g/mol. The van der Waals surface area contributed by atoms with Crippen LogP contribution in [0.25, 0.3) is 17.0 Å². The van der Waals surface area contributed by atoms with Crippen LogP contribution in [0.3, 0.4) is 0 Å². The summed E-state index contributed by atoms with van der Waals surface area (Å²) < 4.78 is 14.0. The monoisotopic (exact) mass is 409 g/mol. The molecule has 3 aromatic carbocycles. The van der Waals surface area contributed by atoms with Gasteiger partial charge < -0.3 is 14.0 Å². The molecule has 0 bridgehead atoms. The molecule has 0 spiro atoms. The van der Waals surface area contributed by atoms with Crippen molar-refractivity contribution in [1.82, 2.24) is 4.57 Å². The summed E-state index contributed by atoms with van der Waals surface area (Å²) in [5.41, 5.74) is 5.00. The predicted octanol–water partition coefficient (Wildman–Crippen LogP) is 6.16. The van der Waals surface area contributed by atoms with Crippen LogP contribution in [0.4, 0.5) is 0 Å². The highest BCUT2D eigenvalue weighted by Gasteiger charge is 2.28. The Balaban J connectivity index is 1.39. The molecule has 31 heavy (non-hydrogen) atoms. The number of hydrogen-bond acceptors (Lipinski definition) is 3. The lowest BCUT2D eigenvalue weighted by Gasteiger charge is -2.07. The zero-order chi connectivity index (χ0) is 21.4. The van der Waals surface area contributed by atoms with Crippen LogP contribution in [-0.2, 0) is 13.2 Å². The zero-order valence-electron chi connectivity index (χ0n) is 17.6. The van der Waals surface area contributed by atoms with E-state index in [0.717, 1.165) is 28.6 Å². The smallest absolute Gasteiger partial charge is 0.231 e. The third kappa shape index (κ3) is 3.61. The number of ether oxygens (including phenoxy) is 2. The Bertz CT molecular complexity index is 1310. The molecule has 0 amide bonds. The summed E-state index contributed by atoms with van der Waals surface area (Å²) in [5.74, 6) is 1.45. The van der Waals surface area contributed by atoms with Crippen LogP contribution < -0.4 is 9.47 Å². The lowest BCUT2D eigenvalue weighted by Crippen LogP contribution is -1.98. The van der Waals surface area contributed by atoms with E-state index in [-0.39, 0.29) is 5.78 Å². The first-order chi connectivity index (χ1) is 15.1. The van der Waals surface area contributed by atoms with E-state index in [1.54, 1.807) is 12.1 Å². The summed E-state index contributed by atoms with van der Waals surface area (Å²) in [5, 5.41) is 1.10. The van der Waals surface area contributed by atoms with Gasteiger partial charge in [0.2, 0.25) is 5.78 Å². The van der Waals surface area contributed by atoms with Gasteiger partial charge in [0.25, 0.3) is 0 Å². The van der Waals surface area contributed by atoms with Crippen molar-refractivity contribution in [2.75, 3.05) is 0 Å². The maximum atomic E-state index is 12.9. The molecule has 0 unspecified atom stereocenters. The number of benzene rings is 3. The molecule has 1 aliphatic heterocycles. The molecule has 0 atom stereocenters. The van der Waals surface area contributed by atoms with Crippen LogP contribution in [0.15, 0.2) is 78.7 Å². The van der Waals surface area contributed by atoms with Crippen LogP contribution >= 0.6 is 0 Å². The van der Waals surface area contributed by atoms with Crippen molar-refractivity contribution in [1.29, 1.82) is 0 Å². The van der Waals surface area contributed by atoms with E-state index < -0.39 is 0 Å². The van der Waals surface area contributed by atoms with Gasteiger partial charge in [-0.3, -0.25) is 4.79 Å². The van der Waals surface area contributed by atoms with Gasteiger partial charge in [0.15, 0.2) is 5.76 Å². The average Bonchev–Trinajstić information content (AvgIpc) is 3.31. The third-order valence-corrected chi connectivity index (χ3v) is 5.61. The van der Waals surface area contributed by atoms with E-state index in [4.69, 9.17) is 9.47 Å². The molecule has 2 heterocycles. The van der Waals surface area contributed by atoms with Crippen molar-refractivity contribution in [3.05, 3.63) is 101 Å². The van der Waals surface area contributed by atoms with Gasteiger partial charge in [0.05, 0.1) is 5.56 Å². The van der Waals surface area contributed by atoms with Crippen molar-refractivity contribution in [3.63, 3.8) is 0 Å². The van der Waals surface area contributed by atoms with Gasteiger partial charge in [-0.25, -0.2) is 0 Å². The number of fused-ring (bicyclic) bond motifs is 2. The van der Waals surface area contributed by atoms with Gasteiger partial charge >= 0.3 is 0 Å². The van der Waals surface area contributed by atoms with Gasteiger partial charge in [-0.1, -0.05) is 48.0 Å². The van der Waals surface area contributed by atoms with E-state index in [2.05, 4.69) is 61.0 Å². The normalized spacial score (nSPS) is 14.1. The molecule has 0 fully saturated rings. The standard InChI is InChI=1S/C27H23NO3/c1-3-28-16-20(22-6-4-5-7-24(22)28)14-26-27(29)23-13-12-21(15-25(23)31-26)30-17-19-10-8-18(2)9-11-19/h4-16H,3,17H2,1-2H3. The Morgan fingerprint density at radius 2 is 1.84 bits per heavy atom. The van der Waals surface area contributed by atoms with Crippen molar-refractivity contribution in [3.8, 4) is 11.5 Å². The molecule has 4 nitrogen and oxygen atoms in total. The minimum atomic E-state index is -0.103. The quantitative estimate of drug-likeness (QED) is 0.370. The fourth-order valence-corrected chi connectivity index (χ4v) is 3.90. The largest absolute Gasteiger partial charge is 0.489 e. The molecular formula is C27H23NO3. The van der Waals surface area contributed by atoms with E-state index in [0.29, 0.717) is 29.4 Å². The molecule has 4 aromatic rings. The number of nitrogens with zero attached hydrogens (tertiary/aromatic N) is 1. The van der Waals surface area contributed by atoms with E-state index in [1.165, 1.54) is 5.56 Å². The minimum Gasteiger partial charge on any atom is -0.489 e. The minimum absolute atomic E-state index is 0.103. The number of ketones is 1. The van der Waals surface area contributed by atoms with Crippen LogP contribution in [0.1, 0.15) is 34.0 Å². The summed E-state index contributed by atoms with van der Waals surface area (Å²) in [7, 11) is 0. The molecule has 0 saturated carbocycles. The average molecular weight is 409 g/mol. The Labute approximate surface area is 181 Å². The number of aryl methyl sites for hydroxylation is 2.